The van der Waals surface area contributed by atoms with E-state index in [1.54, 1.807) is 6.92 Å². The van der Waals surface area contributed by atoms with Gasteiger partial charge >= 0.3 is 0 Å². The minimum Gasteiger partial charge on any atom is -0.322 e. The fraction of sp³-hybridized carbons (Fsp3) is 0.375. The molecular formula is C16H20FN3O. The van der Waals surface area contributed by atoms with Gasteiger partial charge in [0.05, 0.1) is 5.69 Å². The average Bonchev–Trinajstić information content (AvgIpc) is 2.62. The van der Waals surface area contributed by atoms with Crippen molar-refractivity contribution in [2.45, 2.75) is 33.1 Å². The number of benzene rings is 1. The van der Waals surface area contributed by atoms with E-state index in [2.05, 4.69) is 31.2 Å². The molecule has 0 saturated heterocycles. The van der Waals surface area contributed by atoms with Crippen molar-refractivity contribution in [3.8, 4) is 0 Å². The summed E-state index contributed by atoms with van der Waals surface area (Å²) in [4.78, 5) is 12.3. The summed E-state index contributed by atoms with van der Waals surface area (Å²) in [6.45, 7) is 7.81. The molecule has 0 atom stereocenters. The van der Waals surface area contributed by atoms with Crippen molar-refractivity contribution in [1.29, 1.82) is 0 Å². The van der Waals surface area contributed by atoms with Crippen molar-refractivity contribution in [2.24, 2.45) is 7.05 Å². The van der Waals surface area contributed by atoms with E-state index >= 15 is 0 Å². The second kappa shape index (κ2) is 5.31. The molecule has 0 unspecified atom stereocenters. The Kier molecular flexibility index (Phi) is 3.85. The average molecular weight is 289 g/mol. The SMILES string of the molecule is Cc1nn(C)c(F)c1C(=O)Nc1ccccc1C(C)(C)C. The first-order valence-electron chi connectivity index (χ1n) is 6.81. The fourth-order valence-electron chi connectivity index (χ4n) is 2.32. The molecule has 1 aromatic heterocycles. The smallest absolute Gasteiger partial charge is 0.262 e. The predicted octanol–water partition coefficient (Wildman–Crippen LogP) is 3.42. The molecule has 2 rings (SSSR count). The van der Waals surface area contributed by atoms with E-state index in [4.69, 9.17) is 0 Å². The summed E-state index contributed by atoms with van der Waals surface area (Å²) in [6.07, 6.45) is 0. The van der Waals surface area contributed by atoms with Crippen molar-refractivity contribution in [1.82, 2.24) is 9.78 Å². The lowest BCUT2D eigenvalue weighted by molar-refractivity contribution is 0.102. The quantitative estimate of drug-likeness (QED) is 0.921. The van der Waals surface area contributed by atoms with Gasteiger partial charge in [-0.15, -0.1) is 0 Å². The van der Waals surface area contributed by atoms with Crippen LogP contribution in [0.15, 0.2) is 24.3 Å². The summed E-state index contributed by atoms with van der Waals surface area (Å²) in [5.41, 5.74) is 1.94. The third-order valence-corrected chi connectivity index (χ3v) is 3.36. The van der Waals surface area contributed by atoms with Crippen molar-refractivity contribution in [2.75, 3.05) is 5.32 Å². The van der Waals surface area contributed by atoms with Crippen molar-refractivity contribution in [3.05, 3.63) is 47.0 Å². The van der Waals surface area contributed by atoms with Gasteiger partial charge in [-0.25, -0.2) is 4.68 Å². The molecule has 0 spiro atoms. The zero-order valence-corrected chi connectivity index (χ0v) is 13.0. The number of nitrogens with one attached hydrogen (secondary N) is 1. The maximum absolute atomic E-state index is 13.9. The van der Waals surface area contributed by atoms with Crippen molar-refractivity contribution < 1.29 is 9.18 Å². The molecule has 4 nitrogen and oxygen atoms in total. The van der Waals surface area contributed by atoms with Crippen LogP contribution in [-0.2, 0) is 12.5 Å². The molecule has 1 aromatic carbocycles. The molecule has 0 bridgehead atoms. The van der Waals surface area contributed by atoms with E-state index < -0.39 is 11.9 Å². The minimum atomic E-state index is -0.627. The van der Waals surface area contributed by atoms with Crippen LogP contribution in [0.25, 0.3) is 0 Å². The first-order chi connectivity index (χ1) is 9.71. The van der Waals surface area contributed by atoms with Crippen LogP contribution in [0.4, 0.5) is 10.1 Å². The molecule has 0 fully saturated rings. The number of hydrogen-bond acceptors (Lipinski definition) is 2. The Morgan fingerprint density at radius 3 is 2.43 bits per heavy atom. The molecule has 5 heteroatoms. The lowest BCUT2D eigenvalue weighted by atomic mass is 9.86. The van der Waals surface area contributed by atoms with Gasteiger partial charge in [0.15, 0.2) is 0 Å². The topological polar surface area (TPSA) is 46.9 Å². The third kappa shape index (κ3) is 2.96. The summed E-state index contributed by atoms with van der Waals surface area (Å²) >= 11 is 0. The van der Waals surface area contributed by atoms with Gasteiger partial charge in [0.25, 0.3) is 5.91 Å². The van der Waals surface area contributed by atoms with Crippen LogP contribution in [0.2, 0.25) is 0 Å². The summed E-state index contributed by atoms with van der Waals surface area (Å²) in [5, 5.41) is 6.72. The highest BCUT2D eigenvalue weighted by Crippen LogP contribution is 2.29. The summed E-state index contributed by atoms with van der Waals surface area (Å²) in [5.74, 6) is -1.10. The number of carbonyl (C=O) groups excluding carboxylic acids is 1. The second-order valence-corrected chi connectivity index (χ2v) is 6.12. The normalized spacial score (nSPS) is 11.5. The molecule has 2 aromatic rings. The Hall–Kier alpha value is -2.17. The largest absolute Gasteiger partial charge is 0.322 e. The van der Waals surface area contributed by atoms with E-state index in [9.17, 15) is 9.18 Å². The van der Waals surface area contributed by atoms with Gasteiger partial charge < -0.3 is 5.32 Å². The van der Waals surface area contributed by atoms with Gasteiger partial charge in [0.2, 0.25) is 5.95 Å². The molecule has 0 radical (unpaired) electrons. The Bertz CT molecular complexity index is 683. The van der Waals surface area contributed by atoms with Crippen LogP contribution in [0.1, 0.15) is 42.4 Å². The van der Waals surface area contributed by atoms with Gasteiger partial charge in [-0.05, 0) is 24.0 Å². The van der Waals surface area contributed by atoms with E-state index in [0.29, 0.717) is 11.4 Å². The Balaban J connectivity index is 2.37. The molecule has 0 aliphatic heterocycles. The lowest BCUT2D eigenvalue weighted by Crippen LogP contribution is -2.19. The molecule has 1 heterocycles. The maximum atomic E-state index is 13.9. The van der Waals surface area contributed by atoms with E-state index in [1.165, 1.54) is 7.05 Å². The number of nitrogens with zero attached hydrogens (tertiary/aromatic N) is 2. The fourth-order valence-corrected chi connectivity index (χ4v) is 2.32. The van der Waals surface area contributed by atoms with Crippen LogP contribution >= 0.6 is 0 Å². The molecular weight excluding hydrogens is 269 g/mol. The number of carbonyl (C=O) groups is 1. The highest BCUT2D eigenvalue weighted by molar-refractivity contribution is 6.05. The van der Waals surface area contributed by atoms with Crippen LogP contribution < -0.4 is 5.32 Å². The van der Waals surface area contributed by atoms with Gasteiger partial charge in [0, 0.05) is 12.7 Å². The first kappa shape index (κ1) is 15.2. The molecule has 0 aliphatic carbocycles. The Morgan fingerprint density at radius 2 is 1.90 bits per heavy atom. The number of anilines is 1. The number of rotatable bonds is 2. The van der Waals surface area contributed by atoms with Crippen LogP contribution in [0.5, 0.6) is 0 Å². The maximum Gasteiger partial charge on any atom is 0.262 e. The number of aromatic nitrogens is 2. The minimum absolute atomic E-state index is 0.0128. The van der Waals surface area contributed by atoms with Crippen LogP contribution in [0.3, 0.4) is 0 Å². The van der Waals surface area contributed by atoms with Crippen molar-refractivity contribution in [3.63, 3.8) is 0 Å². The summed E-state index contributed by atoms with van der Waals surface area (Å²) in [7, 11) is 1.47. The van der Waals surface area contributed by atoms with Crippen molar-refractivity contribution >= 4 is 11.6 Å². The van der Waals surface area contributed by atoms with Gasteiger partial charge in [0.1, 0.15) is 5.56 Å². The molecule has 0 saturated carbocycles. The number of para-hydroxylation sites is 1. The zero-order chi connectivity index (χ0) is 15.8. The highest BCUT2D eigenvalue weighted by atomic mass is 19.1. The molecule has 1 N–H and O–H groups in total. The predicted molar refractivity (Wildman–Crippen MR) is 81.0 cm³/mol. The van der Waals surface area contributed by atoms with Gasteiger partial charge in [-0.3, -0.25) is 4.79 Å². The monoisotopic (exact) mass is 289 g/mol. The Labute approximate surface area is 124 Å². The number of halogens is 1. The molecule has 21 heavy (non-hydrogen) atoms. The molecule has 0 aliphatic rings. The summed E-state index contributed by atoms with van der Waals surface area (Å²) < 4.78 is 15.0. The third-order valence-electron chi connectivity index (χ3n) is 3.36. The van der Waals surface area contributed by atoms with E-state index in [0.717, 1.165) is 10.2 Å². The van der Waals surface area contributed by atoms with E-state index in [-0.39, 0.29) is 11.0 Å². The zero-order valence-electron chi connectivity index (χ0n) is 13.0. The van der Waals surface area contributed by atoms with E-state index in [1.807, 2.05) is 24.3 Å². The van der Waals surface area contributed by atoms with Crippen LogP contribution in [-0.4, -0.2) is 15.7 Å². The molecule has 1 amide bonds. The Morgan fingerprint density at radius 1 is 1.29 bits per heavy atom. The number of amides is 1. The second-order valence-electron chi connectivity index (χ2n) is 6.12. The lowest BCUT2D eigenvalue weighted by Gasteiger charge is -2.22. The molecule has 112 valence electrons. The highest BCUT2D eigenvalue weighted by Gasteiger charge is 2.23. The van der Waals surface area contributed by atoms with Gasteiger partial charge in [-0.2, -0.15) is 9.49 Å². The number of hydrogen-bond donors (Lipinski definition) is 1. The standard InChI is InChI=1S/C16H20FN3O/c1-10-13(14(17)20(5)19-10)15(21)18-12-9-7-6-8-11(12)16(2,3)4/h6-9H,1-5H3,(H,18,21). The number of aryl methyl sites for hydroxylation is 2. The van der Waals surface area contributed by atoms with Crippen LogP contribution in [0, 0.1) is 12.9 Å². The van der Waals surface area contributed by atoms with Gasteiger partial charge in [-0.1, -0.05) is 39.0 Å². The summed E-state index contributed by atoms with van der Waals surface area (Å²) in [6, 6.07) is 7.55. The first-order valence-corrected chi connectivity index (χ1v) is 6.81.